The van der Waals surface area contributed by atoms with Gasteiger partial charge in [0.15, 0.2) is 5.78 Å². The Morgan fingerprint density at radius 1 is 0.750 bits per heavy atom. The molecule has 0 radical (unpaired) electrons. The summed E-state index contributed by atoms with van der Waals surface area (Å²) in [5.74, 6) is 0.286. The second-order valence-electron chi connectivity index (χ2n) is 10.2. The first kappa shape index (κ1) is 29.9. The third-order valence-electron chi connectivity index (χ3n) is 7.22. The molecule has 1 unspecified atom stereocenters. The Labute approximate surface area is 257 Å². The van der Waals surface area contributed by atoms with Crippen LogP contribution in [0.5, 0.6) is 11.5 Å². The Hall–Kier alpha value is -5.56. The Morgan fingerprint density at radius 2 is 1.41 bits per heavy atom. The summed E-state index contributed by atoms with van der Waals surface area (Å²) < 4.78 is 11.5. The third kappa shape index (κ3) is 7.63. The number of ether oxygens (including phenoxy) is 2. The van der Waals surface area contributed by atoms with Gasteiger partial charge in [-0.15, -0.1) is 0 Å². The third-order valence-corrected chi connectivity index (χ3v) is 7.22. The maximum Gasteiger partial charge on any atom is 0.326 e. The molecule has 0 aliphatic carbocycles. The molecule has 5 aromatic carbocycles. The Balaban J connectivity index is 1.23. The lowest BCUT2D eigenvalue weighted by Crippen LogP contribution is -2.32. The van der Waals surface area contributed by atoms with Crippen LogP contribution in [0.25, 0.3) is 0 Å². The van der Waals surface area contributed by atoms with Crippen molar-refractivity contribution in [2.45, 2.75) is 12.5 Å². The maximum atomic E-state index is 13.1. The largest absolute Gasteiger partial charge is 0.497 e. The fourth-order valence-corrected chi connectivity index (χ4v) is 4.95. The zero-order valence-corrected chi connectivity index (χ0v) is 24.4. The first-order valence-corrected chi connectivity index (χ1v) is 14.4. The van der Waals surface area contributed by atoms with Gasteiger partial charge in [-0.1, -0.05) is 78.9 Å². The molecule has 0 saturated heterocycles. The number of para-hydroxylation sites is 2. The summed E-state index contributed by atoms with van der Waals surface area (Å²) in [5.41, 5.74) is 4.30. The molecule has 222 valence electrons. The molecule has 0 saturated carbocycles. The topological polar surface area (TPSA) is 88.1 Å². The van der Waals surface area contributed by atoms with E-state index in [0.29, 0.717) is 35.7 Å². The molecule has 0 bridgehead atoms. The minimum atomic E-state index is -1.01. The number of hydrogen-bond acceptors (Lipinski definition) is 6. The van der Waals surface area contributed by atoms with Gasteiger partial charge in [0.25, 0.3) is 0 Å². The molecule has 5 rings (SSSR count). The summed E-state index contributed by atoms with van der Waals surface area (Å²) >= 11 is 0. The van der Waals surface area contributed by atoms with Crippen LogP contribution in [-0.2, 0) is 11.2 Å². The van der Waals surface area contributed by atoms with Crippen LogP contribution in [0.4, 0.5) is 17.1 Å². The van der Waals surface area contributed by atoms with Crippen molar-refractivity contribution in [3.05, 3.63) is 150 Å². The number of nitrogens with zero attached hydrogens (tertiary/aromatic N) is 1. The monoisotopic (exact) mass is 586 g/mol. The van der Waals surface area contributed by atoms with Gasteiger partial charge in [-0.25, -0.2) is 4.79 Å². The summed E-state index contributed by atoms with van der Waals surface area (Å²) in [6.07, 6.45) is 0.223. The zero-order chi connectivity index (χ0) is 30.7. The highest BCUT2D eigenvalue weighted by molar-refractivity contribution is 6.12. The standard InChI is InChI=1S/C37H34N2O5/c1-43-32-16-10-15-30(26-32)39(29-13-6-3-7-14-29)23-24-44-31-21-19-27(20-22-31)25-35(37(41)42)38-34-18-9-8-17-33(34)36(40)28-11-4-2-5-12-28/h2-22,26,35,38H,23-25H2,1H3,(H,41,42). The van der Waals surface area contributed by atoms with Gasteiger partial charge in [0.1, 0.15) is 24.1 Å². The predicted octanol–water partition coefficient (Wildman–Crippen LogP) is 7.25. The number of ketones is 1. The van der Waals surface area contributed by atoms with Crippen molar-refractivity contribution in [1.29, 1.82) is 0 Å². The summed E-state index contributed by atoms with van der Waals surface area (Å²) in [7, 11) is 1.65. The van der Waals surface area contributed by atoms with Crippen molar-refractivity contribution in [2.75, 3.05) is 30.5 Å². The minimum Gasteiger partial charge on any atom is -0.497 e. The van der Waals surface area contributed by atoms with E-state index in [1.54, 1.807) is 55.6 Å². The van der Waals surface area contributed by atoms with Gasteiger partial charge in [0.05, 0.1) is 13.7 Å². The molecular formula is C37H34N2O5. The van der Waals surface area contributed by atoms with Crippen LogP contribution in [0, 0.1) is 0 Å². The summed E-state index contributed by atoms with van der Waals surface area (Å²) in [4.78, 5) is 27.5. The van der Waals surface area contributed by atoms with E-state index in [1.807, 2.05) is 72.8 Å². The van der Waals surface area contributed by atoms with Gasteiger partial charge in [0, 0.05) is 40.7 Å². The van der Waals surface area contributed by atoms with Crippen molar-refractivity contribution >= 4 is 28.8 Å². The first-order chi connectivity index (χ1) is 21.5. The SMILES string of the molecule is COc1cccc(N(CCOc2ccc(CC(Nc3ccccc3C(=O)c3ccccc3)C(=O)O)cc2)c2ccccc2)c1. The number of hydrogen-bond donors (Lipinski definition) is 2. The lowest BCUT2D eigenvalue weighted by molar-refractivity contribution is -0.137. The number of nitrogens with one attached hydrogen (secondary N) is 1. The maximum absolute atomic E-state index is 13.1. The number of carbonyl (C=O) groups excluding carboxylic acids is 1. The average molecular weight is 587 g/mol. The summed E-state index contributed by atoms with van der Waals surface area (Å²) in [5, 5.41) is 13.1. The van der Waals surface area contributed by atoms with Gasteiger partial charge in [-0.05, 0) is 54.1 Å². The molecule has 0 aliphatic rings. The van der Waals surface area contributed by atoms with Crippen molar-refractivity contribution in [3.8, 4) is 11.5 Å². The van der Waals surface area contributed by atoms with Crippen molar-refractivity contribution < 1.29 is 24.2 Å². The van der Waals surface area contributed by atoms with Crippen molar-refractivity contribution in [3.63, 3.8) is 0 Å². The van der Waals surface area contributed by atoms with Crippen LogP contribution in [-0.4, -0.2) is 43.2 Å². The van der Waals surface area contributed by atoms with Crippen LogP contribution in [0.3, 0.4) is 0 Å². The van der Waals surface area contributed by atoms with Crippen LogP contribution in [0.1, 0.15) is 21.5 Å². The van der Waals surface area contributed by atoms with E-state index < -0.39 is 12.0 Å². The van der Waals surface area contributed by atoms with Gasteiger partial charge in [0.2, 0.25) is 0 Å². The van der Waals surface area contributed by atoms with E-state index in [1.165, 1.54) is 0 Å². The fraction of sp³-hybridized carbons (Fsp3) is 0.135. The normalized spacial score (nSPS) is 11.3. The number of benzene rings is 5. The summed E-state index contributed by atoms with van der Waals surface area (Å²) in [6.45, 7) is 1.03. The molecule has 7 nitrogen and oxygen atoms in total. The van der Waals surface area contributed by atoms with Gasteiger partial charge in [-0.3, -0.25) is 4.79 Å². The molecule has 0 spiro atoms. The first-order valence-electron chi connectivity index (χ1n) is 14.4. The smallest absolute Gasteiger partial charge is 0.326 e. The fourth-order valence-electron chi connectivity index (χ4n) is 4.95. The number of carbonyl (C=O) groups is 2. The van der Waals surface area contributed by atoms with E-state index in [2.05, 4.69) is 22.3 Å². The van der Waals surface area contributed by atoms with Crippen molar-refractivity contribution in [1.82, 2.24) is 0 Å². The lowest BCUT2D eigenvalue weighted by Gasteiger charge is -2.25. The second-order valence-corrected chi connectivity index (χ2v) is 10.2. The van der Waals surface area contributed by atoms with Crippen LogP contribution < -0.4 is 19.7 Å². The molecule has 0 amide bonds. The van der Waals surface area contributed by atoms with Crippen LogP contribution in [0.2, 0.25) is 0 Å². The second kappa shape index (κ2) is 14.6. The molecule has 0 heterocycles. The molecule has 5 aromatic rings. The molecule has 7 heteroatoms. The van der Waals surface area contributed by atoms with Gasteiger partial charge < -0.3 is 24.8 Å². The quantitative estimate of drug-likeness (QED) is 0.133. The van der Waals surface area contributed by atoms with E-state index in [-0.39, 0.29) is 12.2 Å². The van der Waals surface area contributed by atoms with Gasteiger partial charge in [-0.2, -0.15) is 0 Å². The van der Waals surface area contributed by atoms with Gasteiger partial charge >= 0.3 is 5.97 Å². The zero-order valence-electron chi connectivity index (χ0n) is 24.4. The highest BCUT2D eigenvalue weighted by Crippen LogP contribution is 2.28. The average Bonchev–Trinajstić information content (AvgIpc) is 3.07. The molecule has 0 aliphatic heterocycles. The highest BCUT2D eigenvalue weighted by atomic mass is 16.5. The molecular weight excluding hydrogens is 552 g/mol. The minimum absolute atomic E-state index is 0.170. The van der Waals surface area contributed by atoms with E-state index in [4.69, 9.17) is 9.47 Å². The number of methoxy groups -OCH3 is 1. The lowest BCUT2D eigenvalue weighted by atomic mass is 10.00. The molecule has 44 heavy (non-hydrogen) atoms. The van der Waals surface area contributed by atoms with E-state index in [0.717, 1.165) is 22.7 Å². The predicted molar refractivity (Wildman–Crippen MR) is 173 cm³/mol. The molecule has 0 fully saturated rings. The Kier molecular flexibility index (Phi) is 9.90. The van der Waals surface area contributed by atoms with Crippen molar-refractivity contribution in [2.24, 2.45) is 0 Å². The number of anilines is 3. The van der Waals surface area contributed by atoms with Crippen LogP contribution >= 0.6 is 0 Å². The number of carboxylic acid groups (broad SMARTS) is 1. The van der Waals surface area contributed by atoms with E-state index >= 15 is 0 Å². The number of carboxylic acids is 1. The van der Waals surface area contributed by atoms with Crippen LogP contribution in [0.15, 0.2) is 133 Å². The summed E-state index contributed by atoms with van der Waals surface area (Å²) in [6, 6.07) is 40.4. The molecule has 2 N–H and O–H groups in total. The Bertz CT molecular complexity index is 1670. The Morgan fingerprint density at radius 3 is 2.11 bits per heavy atom. The van der Waals surface area contributed by atoms with E-state index in [9.17, 15) is 14.7 Å². The molecule has 1 atom stereocenters. The highest BCUT2D eigenvalue weighted by Gasteiger charge is 2.21. The number of aliphatic carboxylic acids is 1. The number of rotatable bonds is 14. The molecule has 0 aromatic heterocycles.